The van der Waals surface area contributed by atoms with Gasteiger partial charge in [0.25, 0.3) is 0 Å². The Morgan fingerprint density at radius 3 is 2.14 bits per heavy atom. The fraction of sp³-hybridized carbons (Fsp3) is 0.512. The van der Waals surface area contributed by atoms with E-state index in [0.717, 1.165) is 6.92 Å². The highest BCUT2D eigenvalue weighted by molar-refractivity contribution is 5.95. The molecule has 1 saturated heterocycles. The first-order valence-electron chi connectivity index (χ1n) is 19.0. The Bertz CT molecular complexity index is 1990. The molecule has 306 valence electrons. The van der Waals surface area contributed by atoms with Gasteiger partial charge < -0.3 is 44.7 Å². The van der Waals surface area contributed by atoms with Crippen molar-refractivity contribution < 1.29 is 63.3 Å². The second-order valence-corrected chi connectivity index (χ2v) is 16.4. The molecule has 14 heteroatoms. The van der Waals surface area contributed by atoms with E-state index in [9.17, 15) is 44.4 Å². The van der Waals surface area contributed by atoms with E-state index in [1.807, 2.05) is 0 Å². The van der Waals surface area contributed by atoms with Gasteiger partial charge in [0.2, 0.25) is 5.91 Å². The van der Waals surface area contributed by atoms with Gasteiger partial charge >= 0.3 is 17.9 Å². The Hall–Kier alpha value is -4.73. The third kappa shape index (κ3) is 6.70. The lowest BCUT2D eigenvalue weighted by Gasteiger charge is -2.67. The smallest absolute Gasteiger partial charge is 0.338 e. The molecule has 57 heavy (non-hydrogen) atoms. The number of hydrogen-bond donors (Lipinski definition) is 5. The minimum absolute atomic E-state index is 0.0497. The Kier molecular flexibility index (Phi) is 11.2. The molecule has 2 aromatic carbocycles. The topological polar surface area (TPSA) is 215 Å². The monoisotopic (exact) mass is 789 g/mol. The summed E-state index contributed by atoms with van der Waals surface area (Å²) < 4.78 is 24.1. The number of carbonyl (C=O) groups is 5. The average molecular weight is 790 g/mol. The van der Waals surface area contributed by atoms with Crippen LogP contribution < -0.4 is 5.32 Å². The maximum atomic E-state index is 14.9. The molecule has 6 rings (SSSR count). The van der Waals surface area contributed by atoms with E-state index in [-0.39, 0.29) is 29.7 Å². The zero-order valence-corrected chi connectivity index (χ0v) is 33.1. The lowest BCUT2D eigenvalue weighted by Crippen LogP contribution is -2.81. The van der Waals surface area contributed by atoms with Gasteiger partial charge in [0.1, 0.15) is 30.0 Å². The van der Waals surface area contributed by atoms with Crippen molar-refractivity contribution in [2.45, 2.75) is 115 Å². The molecule has 1 aliphatic heterocycles. The highest BCUT2D eigenvalue weighted by atomic mass is 16.6. The first-order valence-corrected chi connectivity index (χ1v) is 19.0. The van der Waals surface area contributed by atoms with Crippen LogP contribution in [-0.2, 0) is 38.1 Å². The molecule has 1 amide bonds. The molecule has 2 bridgehead atoms. The van der Waals surface area contributed by atoms with Crippen LogP contribution in [-0.4, -0.2) is 104 Å². The van der Waals surface area contributed by atoms with Crippen LogP contribution in [0.15, 0.2) is 83.5 Å². The number of carbonyl (C=O) groups excluding carboxylic acids is 5. The van der Waals surface area contributed by atoms with Crippen molar-refractivity contribution in [1.82, 2.24) is 5.32 Å². The number of aliphatic hydroxyl groups excluding tert-OH is 3. The normalized spacial score (nSPS) is 34.2. The molecule has 2 aromatic rings. The second-order valence-electron chi connectivity index (χ2n) is 16.4. The highest BCUT2D eigenvalue weighted by Gasteiger charge is 2.78. The number of ketones is 1. The van der Waals surface area contributed by atoms with Crippen molar-refractivity contribution in [3.8, 4) is 0 Å². The van der Waals surface area contributed by atoms with Crippen LogP contribution >= 0.6 is 0 Å². The largest absolute Gasteiger partial charge is 0.456 e. The van der Waals surface area contributed by atoms with Gasteiger partial charge in [-0.05, 0) is 56.5 Å². The molecule has 5 N–H and O–H groups in total. The molecule has 4 aliphatic rings. The fourth-order valence-electron chi connectivity index (χ4n) is 9.51. The van der Waals surface area contributed by atoms with Gasteiger partial charge in [0.15, 0.2) is 17.5 Å². The van der Waals surface area contributed by atoms with Gasteiger partial charge in [-0.3, -0.25) is 14.4 Å². The fourth-order valence-corrected chi connectivity index (χ4v) is 9.51. The van der Waals surface area contributed by atoms with Crippen molar-refractivity contribution >= 4 is 29.6 Å². The number of amides is 1. The Labute approximate surface area is 330 Å². The minimum atomic E-state index is -2.34. The zero-order chi connectivity index (χ0) is 41.8. The molecule has 3 aliphatic carbocycles. The summed E-state index contributed by atoms with van der Waals surface area (Å²) in [4.78, 5) is 68.9. The van der Waals surface area contributed by atoms with Gasteiger partial charge in [-0.15, -0.1) is 0 Å². The van der Waals surface area contributed by atoms with E-state index in [2.05, 4.69) is 5.32 Å². The molecule has 0 radical (unpaired) electrons. The van der Waals surface area contributed by atoms with E-state index in [1.54, 1.807) is 82.3 Å². The van der Waals surface area contributed by atoms with Crippen LogP contribution in [0.4, 0.5) is 0 Å². The summed E-state index contributed by atoms with van der Waals surface area (Å²) in [5, 5.41) is 51.7. The number of rotatable bonds is 9. The van der Waals surface area contributed by atoms with E-state index < -0.39 is 107 Å². The van der Waals surface area contributed by atoms with Crippen LogP contribution in [0.2, 0.25) is 0 Å². The number of Topliss-reactive ketones (excluding diaryl/α,β-unsaturated/α-hetero) is 1. The summed E-state index contributed by atoms with van der Waals surface area (Å²) in [6.45, 7) is 10.1. The minimum Gasteiger partial charge on any atom is -0.456 e. The molecular weight excluding hydrogens is 738 g/mol. The van der Waals surface area contributed by atoms with Crippen LogP contribution in [0, 0.1) is 16.7 Å². The Morgan fingerprint density at radius 2 is 1.58 bits per heavy atom. The van der Waals surface area contributed by atoms with Gasteiger partial charge in [-0.2, -0.15) is 0 Å². The third-order valence-electron chi connectivity index (χ3n) is 13.0. The van der Waals surface area contributed by atoms with Crippen molar-refractivity contribution in [2.75, 3.05) is 6.61 Å². The number of benzene rings is 2. The number of aliphatic hydroxyl groups is 4. The van der Waals surface area contributed by atoms with Crippen molar-refractivity contribution in [3.05, 3.63) is 94.6 Å². The molecule has 14 nitrogen and oxygen atoms in total. The van der Waals surface area contributed by atoms with E-state index in [0.29, 0.717) is 11.1 Å². The van der Waals surface area contributed by atoms with Crippen LogP contribution in [0.3, 0.4) is 0 Å². The van der Waals surface area contributed by atoms with Crippen molar-refractivity contribution in [3.63, 3.8) is 0 Å². The third-order valence-corrected chi connectivity index (χ3v) is 13.0. The Balaban J connectivity index is 1.50. The molecule has 0 spiro atoms. The van der Waals surface area contributed by atoms with Crippen LogP contribution in [0.5, 0.6) is 0 Å². The van der Waals surface area contributed by atoms with E-state index in [1.165, 1.54) is 26.0 Å². The molecule has 0 unspecified atom stereocenters. The lowest BCUT2D eigenvalue weighted by atomic mass is 9.44. The van der Waals surface area contributed by atoms with E-state index in [4.69, 9.17) is 18.9 Å². The van der Waals surface area contributed by atoms with Crippen molar-refractivity contribution in [2.24, 2.45) is 16.7 Å². The number of fused-ring (bicyclic) bond motifs is 5. The first kappa shape index (κ1) is 41.9. The Morgan fingerprint density at radius 1 is 0.965 bits per heavy atom. The predicted octanol–water partition coefficient (Wildman–Crippen LogP) is 2.82. The second kappa shape index (κ2) is 15.2. The average Bonchev–Trinajstić information content (AvgIpc) is 3.18. The maximum Gasteiger partial charge on any atom is 0.338 e. The summed E-state index contributed by atoms with van der Waals surface area (Å²) in [5.41, 5.74) is -6.75. The SMILES string of the molecule is CC=C(C)C(=O)N[C@@H](c1ccccc1)[C@@H](O)C(=O)O[C@H]1C[C@]2(O)[C@@H](OC(=O)c3ccccc3)[C@@H]3[C@]4(OC(C)=O)CO[C@@H]4C[C@H](O)[C@@]3(C)C(=O)[C@H](O)C(=C1C)C2(C)C. The van der Waals surface area contributed by atoms with E-state index >= 15 is 0 Å². The quantitative estimate of drug-likeness (QED) is 0.107. The van der Waals surface area contributed by atoms with Crippen LogP contribution in [0.1, 0.15) is 83.3 Å². The van der Waals surface area contributed by atoms with Crippen LogP contribution in [0.25, 0.3) is 0 Å². The summed E-state index contributed by atoms with van der Waals surface area (Å²) in [6, 6.07) is 14.9. The molecule has 2 saturated carbocycles. The number of hydrogen-bond acceptors (Lipinski definition) is 13. The highest BCUT2D eigenvalue weighted by Crippen LogP contribution is 2.64. The molecule has 11 atom stereocenters. The molecule has 0 aromatic heterocycles. The summed E-state index contributed by atoms with van der Waals surface area (Å²) in [5.74, 6) is -5.84. The van der Waals surface area contributed by atoms with Gasteiger partial charge in [0.05, 0.1) is 35.6 Å². The summed E-state index contributed by atoms with van der Waals surface area (Å²) in [7, 11) is 0. The first-order chi connectivity index (χ1) is 26.8. The molecular formula is C43H51NO13. The number of nitrogens with one attached hydrogen (secondary N) is 1. The predicted molar refractivity (Wildman–Crippen MR) is 202 cm³/mol. The maximum absolute atomic E-state index is 14.9. The number of esters is 3. The number of allylic oxidation sites excluding steroid dienone is 1. The standard InChI is InChI=1S/C43H51NO13/c1-8-22(2)37(50)44-31(25-15-11-9-12-16-25)33(48)39(52)55-27-20-43(53)36(56-38(51)26-17-13-10-14-18-26)34-41(7,35(49)32(47)30(23(27)3)40(43,5)6)28(46)19-29-42(34,21-54-29)57-24(4)45/h8-18,27-29,31-34,36,46-48,53H,19-21H2,1-7H3,(H,44,50)/t27-,28-,29+,31-,32+,33+,34-,36-,41+,42-,43-/m0/s1. The van der Waals surface area contributed by atoms with Gasteiger partial charge in [-0.25, -0.2) is 9.59 Å². The lowest BCUT2D eigenvalue weighted by molar-refractivity contribution is -0.346. The van der Waals surface area contributed by atoms with Gasteiger partial charge in [0, 0.05) is 30.8 Å². The van der Waals surface area contributed by atoms with Gasteiger partial charge in [-0.1, -0.05) is 68.5 Å². The zero-order valence-electron chi connectivity index (χ0n) is 33.1. The summed E-state index contributed by atoms with van der Waals surface area (Å²) >= 11 is 0. The molecule has 3 fully saturated rings. The summed E-state index contributed by atoms with van der Waals surface area (Å²) in [6.07, 6.45) is -8.83. The molecule has 1 heterocycles. The van der Waals surface area contributed by atoms with Crippen molar-refractivity contribution in [1.29, 1.82) is 0 Å². The number of ether oxygens (including phenoxy) is 4.